The number of ether oxygens (including phenoxy) is 1. The van der Waals surface area contributed by atoms with Gasteiger partial charge in [-0.05, 0) is 37.0 Å². The first kappa shape index (κ1) is 23.1. The number of thiophene rings is 1. The van der Waals surface area contributed by atoms with Crippen molar-refractivity contribution in [2.24, 2.45) is 0 Å². The van der Waals surface area contributed by atoms with Crippen molar-refractivity contribution in [3.05, 3.63) is 45.0 Å². The van der Waals surface area contributed by atoms with E-state index in [0.29, 0.717) is 47.2 Å². The Kier molecular flexibility index (Phi) is 6.75. The summed E-state index contributed by atoms with van der Waals surface area (Å²) in [4.78, 5) is 46.2. The maximum Gasteiger partial charge on any atom is 0.263 e. The summed E-state index contributed by atoms with van der Waals surface area (Å²) < 4.78 is 12.6. The van der Waals surface area contributed by atoms with Crippen molar-refractivity contribution < 1.29 is 18.7 Å². The molecule has 1 N–H and O–H groups in total. The van der Waals surface area contributed by atoms with Crippen LogP contribution in [0.3, 0.4) is 0 Å². The molecule has 1 atom stereocenters. The highest BCUT2D eigenvalue weighted by molar-refractivity contribution is 7.99. The van der Waals surface area contributed by atoms with Crippen LogP contribution in [0.4, 0.5) is 0 Å². The second-order valence-electron chi connectivity index (χ2n) is 8.47. The second-order valence-corrected chi connectivity index (χ2v) is 10.5. The van der Waals surface area contributed by atoms with Crippen molar-refractivity contribution in [2.75, 3.05) is 25.4 Å². The van der Waals surface area contributed by atoms with Crippen LogP contribution in [0, 0.1) is 0 Å². The topological polar surface area (TPSA) is 107 Å². The molecule has 0 spiro atoms. The fourth-order valence-electron chi connectivity index (χ4n) is 4.35. The third-order valence-corrected chi connectivity index (χ3v) is 8.24. The summed E-state index contributed by atoms with van der Waals surface area (Å²) in [7, 11) is 0. The average molecular weight is 503 g/mol. The van der Waals surface area contributed by atoms with Crippen LogP contribution in [-0.2, 0) is 33.8 Å². The van der Waals surface area contributed by atoms with E-state index < -0.39 is 0 Å². The summed E-state index contributed by atoms with van der Waals surface area (Å²) in [5.74, 6) is 0.685. The van der Waals surface area contributed by atoms with Crippen LogP contribution in [0.1, 0.15) is 36.0 Å². The first-order chi connectivity index (χ1) is 16.5. The first-order valence-corrected chi connectivity index (χ1v) is 13.1. The van der Waals surface area contributed by atoms with Gasteiger partial charge in [0.05, 0.1) is 36.6 Å². The predicted molar refractivity (Wildman–Crippen MR) is 129 cm³/mol. The Hall–Kier alpha value is -2.63. The Morgan fingerprint density at radius 1 is 1.38 bits per heavy atom. The minimum atomic E-state index is -0.141. The molecule has 3 aromatic heterocycles. The summed E-state index contributed by atoms with van der Waals surface area (Å²) >= 11 is 2.69. The van der Waals surface area contributed by atoms with Gasteiger partial charge in [-0.15, -0.1) is 11.3 Å². The lowest BCUT2D eigenvalue weighted by Crippen LogP contribution is -2.34. The molecule has 1 fully saturated rings. The monoisotopic (exact) mass is 502 g/mol. The summed E-state index contributed by atoms with van der Waals surface area (Å²) in [6, 6.07) is 3.59. The number of hydrogen-bond donors (Lipinski definition) is 1. The van der Waals surface area contributed by atoms with Crippen molar-refractivity contribution in [1.82, 2.24) is 19.8 Å². The second kappa shape index (κ2) is 9.93. The highest BCUT2D eigenvalue weighted by Crippen LogP contribution is 2.34. The molecule has 5 heterocycles. The van der Waals surface area contributed by atoms with Gasteiger partial charge in [0.25, 0.3) is 5.56 Å². The number of nitrogens with zero attached hydrogens (tertiary/aromatic N) is 3. The summed E-state index contributed by atoms with van der Waals surface area (Å²) in [6.07, 6.45) is 4.25. The lowest BCUT2D eigenvalue weighted by atomic mass is 10.1. The number of hydrogen-bond acceptors (Lipinski definition) is 8. The zero-order valence-electron chi connectivity index (χ0n) is 18.9. The van der Waals surface area contributed by atoms with Gasteiger partial charge in [0, 0.05) is 31.5 Å². The van der Waals surface area contributed by atoms with Gasteiger partial charge in [-0.2, -0.15) is 0 Å². The van der Waals surface area contributed by atoms with Crippen LogP contribution >= 0.6 is 23.1 Å². The van der Waals surface area contributed by atoms with E-state index in [9.17, 15) is 14.4 Å². The molecule has 9 nitrogen and oxygen atoms in total. The standard InChI is InChI=1S/C23H26N4O5S2/c1-14(28)26-7-6-17-18(12-26)34-21-20(17)22(30)27(11-16-5-3-9-32-16)23(25-21)33-13-19(29)24-10-15-4-2-8-31-15/h3,5,9,15H,2,4,6-8,10-13H2,1H3,(H,24,29). The Morgan fingerprint density at radius 2 is 2.26 bits per heavy atom. The van der Waals surface area contributed by atoms with Crippen molar-refractivity contribution in [3.8, 4) is 0 Å². The average Bonchev–Trinajstić information content (AvgIpc) is 3.58. The molecule has 3 aromatic rings. The third-order valence-electron chi connectivity index (χ3n) is 6.15. The Balaban J connectivity index is 1.42. The molecule has 0 saturated carbocycles. The fourth-order valence-corrected chi connectivity index (χ4v) is 6.45. The zero-order chi connectivity index (χ0) is 23.7. The molecule has 1 unspecified atom stereocenters. The molecular weight excluding hydrogens is 476 g/mol. The van der Waals surface area contributed by atoms with E-state index in [1.807, 2.05) is 6.07 Å². The molecule has 2 aliphatic rings. The largest absolute Gasteiger partial charge is 0.467 e. The van der Waals surface area contributed by atoms with Crippen LogP contribution in [0.2, 0.25) is 0 Å². The van der Waals surface area contributed by atoms with Gasteiger partial charge in [-0.1, -0.05) is 11.8 Å². The van der Waals surface area contributed by atoms with Gasteiger partial charge >= 0.3 is 0 Å². The third kappa shape index (κ3) is 4.77. The normalized spacial score (nSPS) is 17.8. The zero-order valence-corrected chi connectivity index (χ0v) is 20.5. The number of nitrogens with one attached hydrogen (secondary N) is 1. The van der Waals surface area contributed by atoms with Crippen LogP contribution in [0.5, 0.6) is 0 Å². The highest BCUT2D eigenvalue weighted by atomic mass is 32.2. The quantitative estimate of drug-likeness (QED) is 0.391. The van der Waals surface area contributed by atoms with E-state index in [-0.39, 0.29) is 35.8 Å². The number of furan rings is 1. The molecule has 11 heteroatoms. The summed E-state index contributed by atoms with van der Waals surface area (Å²) in [5.41, 5.74) is 0.839. The van der Waals surface area contributed by atoms with Crippen LogP contribution < -0.4 is 10.9 Å². The molecular formula is C23H26N4O5S2. The molecule has 0 aliphatic carbocycles. The van der Waals surface area contributed by atoms with E-state index >= 15 is 0 Å². The molecule has 34 heavy (non-hydrogen) atoms. The molecule has 0 aromatic carbocycles. The molecule has 0 radical (unpaired) electrons. The van der Waals surface area contributed by atoms with Gasteiger partial charge < -0.3 is 19.4 Å². The van der Waals surface area contributed by atoms with Crippen molar-refractivity contribution in [1.29, 1.82) is 0 Å². The maximum absolute atomic E-state index is 13.6. The van der Waals surface area contributed by atoms with Gasteiger partial charge in [-0.25, -0.2) is 4.98 Å². The number of thioether (sulfide) groups is 1. The Morgan fingerprint density at radius 3 is 3.00 bits per heavy atom. The molecule has 2 amide bonds. The van der Waals surface area contributed by atoms with Crippen LogP contribution in [0.25, 0.3) is 10.2 Å². The fraction of sp³-hybridized carbons (Fsp3) is 0.478. The molecule has 2 aliphatic heterocycles. The molecule has 0 bridgehead atoms. The minimum Gasteiger partial charge on any atom is -0.467 e. The van der Waals surface area contributed by atoms with Crippen molar-refractivity contribution in [3.63, 3.8) is 0 Å². The van der Waals surface area contributed by atoms with E-state index in [4.69, 9.17) is 14.1 Å². The lowest BCUT2D eigenvalue weighted by Gasteiger charge is -2.25. The molecule has 1 saturated heterocycles. The van der Waals surface area contributed by atoms with E-state index in [1.165, 1.54) is 23.1 Å². The highest BCUT2D eigenvalue weighted by Gasteiger charge is 2.26. The van der Waals surface area contributed by atoms with E-state index in [1.54, 1.807) is 28.7 Å². The number of aromatic nitrogens is 2. The maximum atomic E-state index is 13.6. The smallest absolute Gasteiger partial charge is 0.263 e. The summed E-state index contributed by atoms with van der Waals surface area (Å²) in [5, 5.41) is 4.00. The van der Waals surface area contributed by atoms with Gasteiger partial charge in [0.15, 0.2) is 5.16 Å². The van der Waals surface area contributed by atoms with Crippen molar-refractivity contribution in [2.45, 2.75) is 50.5 Å². The molecule has 5 rings (SSSR count). The lowest BCUT2D eigenvalue weighted by molar-refractivity contribution is -0.129. The first-order valence-electron chi connectivity index (χ1n) is 11.3. The number of fused-ring (bicyclic) bond motifs is 3. The Bertz CT molecular complexity index is 1260. The van der Waals surface area contributed by atoms with E-state index in [2.05, 4.69) is 5.32 Å². The number of carbonyl (C=O) groups is 2. The van der Waals surface area contributed by atoms with Crippen LogP contribution in [0.15, 0.2) is 32.8 Å². The van der Waals surface area contributed by atoms with E-state index in [0.717, 1.165) is 29.9 Å². The number of carbonyl (C=O) groups excluding carboxylic acids is 2. The van der Waals surface area contributed by atoms with Crippen LogP contribution in [-0.4, -0.2) is 57.8 Å². The number of amides is 2. The van der Waals surface area contributed by atoms with Gasteiger partial charge in [0.2, 0.25) is 11.8 Å². The van der Waals surface area contributed by atoms with Gasteiger partial charge in [-0.3, -0.25) is 19.0 Å². The van der Waals surface area contributed by atoms with Crippen molar-refractivity contribution >= 4 is 45.1 Å². The minimum absolute atomic E-state index is 0.0246. The number of rotatable bonds is 7. The molecule has 180 valence electrons. The predicted octanol–water partition coefficient (Wildman–Crippen LogP) is 2.39. The SMILES string of the molecule is CC(=O)N1CCc2c(sc3nc(SCC(=O)NCC4CCCO4)n(Cc4ccco4)c(=O)c23)C1. The summed E-state index contributed by atoms with van der Waals surface area (Å²) in [6.45, 7) is 4.12. The Labute approximate surface area is 204 Å². The van der Waals surface area contributed by atoms with Gasteiger partial charge in [0.1, 0.15) is 10.6 Å².